The molecular weight excluding hydrogens is 272 g/mol. The largest absolute Gasteiger partial charge is 0.392 e. The zero-order valence-electron chi connectivity index (χ0n) is 14.9. The highest BCUT2D eigenvalue weighted by molar-refractivity contribution is 5.14. The lowest BCUT2D eigenvalue weighted by Gasteiger charge is -2.40. The second-order valence-corrected chi connectivity index (χ2v) is 7.52. The average Bonchev–Trinajstić information content (AvgIpc) is 2.43. The summed E-state index contributed by atoms with van der Waals surface area (Å²) in [5.41, 5.74) is 3.89. The Labute approximate surface area is 136 Å². The molecule has 2 nitrogen and oxygen atoms in total. The molecule has 2 heteroatoms. The third kappa shape index (κ3) is 5.73. The zero-order valence-corrected chi connectivity index (χ0v) is 14.9. The minimum atomic E-state index is -0.387. The van der Waals surface area contributed by atoms with E-state index in [1.54, 1.807) is 6.08 Å². The second-order valence-electron chi connectivity index (χ2n) is 7.52. The Morgan fingerprint density at radius 3 is 2.64 bits per heavy atom. The molecule has 0 aromatic heterocycles. The Morgan fingerprint density at radius 1 is 1.36 bits per heavy atom. The van der Waals surface area contributed by atoms with Crippen LogP contribution in [0.3, 0.4) is 0 Å². The summed E-state index contributed by atoms with van der Waals surface area (Å²) in [7, 11) is 0. The first kappa shape index (κ1) is 19.2. The van der Waals surface area contributed by atoms with Crippen LogP contribution in [0.5, 0.6) is 0 Å². The van der Waals surface area contributed by atoms with Gasteiger partial charge in [0.15, 0.2) is 0 Å². The van der Waals surface area contributed by atoms with Crippen molar-refractivity contribution < 1.29 is 10.2 Å². The van der Waals surface area contributed by atoms with E-state index in [0.717, 1.165) is 36.8 Å². The molecule has 22 heavy (non-hydrogen) atoms. The molecule has 0 aromatic carbocycles. The molecule has 0 bridgehead atoms. The summed E-state index contributed by atoms with van der Waals surface area (Å²) in [5.74, 6) is 0.527. The third-order valence-corrected chi connectivity index (χ3v) is 5.21. The molecule has 0 radical (unpaired) electrons. The average molecular weight is 306 g/mol. The van der Waals surface area contributed by atoms with Crippen LogP contribution in [0, 0.1) is 11.3 Å². The van der Waals surface area contributed by atoms with Crippen molar-refractivity contribution in [2.75, 3.05) is 6.61 Å². The molecule has 2 atom stereocenters. The van der Waals surface area contributed by atoms with Crippen molar-refractivity contribution in [2.24, 2.45) is 11.3 Å². The second kappa shape index (κ2) is 8.69. The van der Waals surface area contributed by atoms with Crippen LogP contribution in [0.4, 0.5) is 0 Å². The topological polar surface area (TPSA) is 40.5 Å². The van der Waals surface area contributed by atoms with Crippen molar-refractivity contribution in [1.29, 1.82) is 0 Å². The molecule has 0 aliphatic heterocycles. The fourth-order valence-corrected chi connectivity index (χ4v) is 3.45. The molecule has 1 fully saturated rings. The number of hydrogen-bond donors (Lipinski definition) is 2. The van der Waals surface area contributed by atoms with E-state index in [-0.39, 0.29) is 12.7 Å². The zero-order chi connectivity index (χ0) is 16.8. The monoisotopic (exact) mass is 306 g/mol. The lowest BCUT2D eigenvalue weighted by molar-refractivity contribution is 0.186. The predicted molar refractivity (Wildman–Crippen MR) is 94.7 cm³/mol. The van der Waals surface area contributed by atoms with E-state index in [0.29, 0.717) is 11.3 Å². The molecule has 0 saturated heterocycles. The number of aliphatic hydroxyl groups excluding tert-OH is 2. The van der Waals surface area contributed by atoms with Crippen molar-refractivity contribution in [2.45, 2.75) is 72.3 Å². The van der Waals surface area contributed by atoms with Gasteiger partial charge in [0.05, 0.1) is 12.7 Å². The highest BCUT2D eigenvalue weighted by atomic mass is 16.3. The highest BCUT2D eigenvalue weighted by Gasteiger charge is 2.33. The van der Waals surface area contributed by atoms with Crippen molar-refractivity contribution >= 4 is 0 Å². The van der Waals surface area contributed by atoms with Gasteiger partial charge in [0.2, 0.25) is 0 Å². The number of aliphatic hydroxyl groups is 2. The van der Waals surface area contributed by atoms with Crippen LogP contribution >= 0.6 is 0 Å². The van der Waals surface area contributed by atoms with E-state index in [2.05, 4.69) is 26.5 Å². The van der Waals surface area contributed by atoms with E-state index in [4.69, 9.17) is 5.11 Å². The van der Waals surface area contributed by atoms with Gasteiger partial charge in [-0.05, 0) is 69.3 Å². The summed E-state index contributed by atoms with van der Waals surface area (Å²) in [6.07, 6.45) is 9.82. The van der Waals surface area contributed by atoms with E-state index in [1.807, 2.05) is 13.8 Å². The summed E-state index contributed by atoms with van der Waals surface area (Å²) in [6, 6.07) is 0. The molecule has 1 saturated carbocycles. The maximum absolute atomic E-state index is 10.3. The molecule has 2 unspecified atom stereocenters. The number of allylic oxidation sites excluding steroid dienone is 3. The van der Waals surface area contributed by atoms with Crippen molar-refractivity contribution in [3.63, 3.8) is 0 Å². The first-order valence-electron chi connectivity index (χ1n) is 8.57. The van der Waals surface area contributed by atoms with Gasteiger partial charge in [-0.2, -0.15) is 0 Å². The molecule has 0 heterocycles. The van der Waals surface area contributed by atoms with Gasteiger partial charge < -0.3 is 10.2 Å². The van der Waals surface area contributed by atoms with E-state index in [9.17, 15) is 5.11 Å². The molecule has 0 amide bonds. The summed E-state index contributed by atoms with van der Waals surface area (Å²) in [5, 5.41) is 19.1. The quantitative estimate of drug-likeness (QED) is 0.664. The van der Waals surface area contributed by atoms with Crippen molar-refractivity contribution in [3.05, 3.63) is 35.5 Å². The molecule has 2 N–H and O–H groups in total. The molecule has 0 spiro atoms. The van der Waals surface area contributed by atoms with E-state index in [1.165, 1.54) is 18.4 Å². The van der Waals surface area contributed by atoms with Gasteiger partial charge >= 0.3 is 0 Å². The Hall–Kier alpha value is -0.860. The van der Waals surface area contributed by atoms with Crippen molar-refractivity contribution in [1.82, 2.24) is 0 Å². The summed E-state index contributed by atoms with van der Waals surface area (Å²) >= 11 is 0. The summed E-state index contributed by atoms with van der Waals surface area (Å²) in [4.78, 5) is 0. The Bertz CT molecular complexity index is 429. The van der Waals surface area contributed by atoms with Gasteiger partial charge in [0, 0.05) is 0 Å². The number of rotatable bonds is 7. The van der Waals surface area contributed by atoms with Crippen LogP contribution in [0.2, 0.25) is 0 Å². The molecule has 1 rings (SSSR count). The van der Waals surface area contributed by atoms with Crippen LogP contribution in [0.1, 0.15) is 66.2 Å². The van der Waals surface area contributed by atoms with Crippen LogP contribution < -0.4 is 0 Å². The highest BCUT2D eigenvalue weighted by Crippen LogP contribution is 2.45. The SMILES string of the molecule is C=C1CCCC(C)(C)C1CC=C(C)C(O)CCC(C)=CCO. The van der Waals surface area contributed by atoms with E-state index >= 15 is 0 Å². The number of hydrogen-bond acceptors (Lipinski definition) is 2. The fourth-order valence-electron chi connectivity index (χ4n) is 3.45. The standard InChI is InChI=1S/C20H34O2/c1-15(12-14-21)8-11-19(22)17(3)9-10-18-16(2)7-6-13-20(18,4)5/h9,12,18-19,21-22H,2,6-8,10-11,13-14H2,1,3-5H3. The third-order valence-electron chi connectivity index (χ3n) is 5.21. The lowest BCUT2D eigenvalue weighted by Crippen LogP contribution is -2.29. The molecule has 126 valence electrons. The molecule has 0 aromatic rings. The first-order chi connectivity index (χ1) is 10.3. The van der Waals surface area contributed by atoms with Crippen LogP contribution in [-0.2, 0) is 0 Å². The lowest BCUT2D eigenvalue weighted by atomic mass is 9.65. The predicted octanol–water partition coefficient (Wildman–Crippen LogP) is 4.79. The smallest absolute Gasteiger partial charge is 0.0750 e. The van der Waals surface area contributed by atoms with Gasteiger partial charge in [-0.3, -0.25) is 0 Å². The van der Waals surface area contributed by atoms with Gasteiger partial charge in [-0.1, -0.05) is 43.7 Å². The minimum Gasteiger partial charge on any atom is -0.392 e. The molecular formula is C20H34O2. The normalized spacial score (nSPS) is 24.5. The minimum absolute atomic E-state index is 0.0790. The Balaban J connectivity index is 2.57. The Kier molecular flexibility index (Phi) is 7.58. The first-order valence-corrected chi connectivity index (χ1v) is 8.57. The van der Waals surface area contributed by atoms with Gasteiger partial charge in [0.25, 0.3) is 0 Å². The molecule has 1 aliphatic carbocycles. The van der Waals surface area contributed by atoms with Gasteiger partial charge in [-0.15, -0.1) is 0 Å². The maximum atomic E-state index is 10.3. The van der Waals surface area contributed by atoms with E-state index < -0.39 is 0 Å². The van der Waals surface area contributed by atoms with Crippen molar-refractivity contribution in [3.8, 4) is 0 Å². The molecule has 1 aliphatic rings. The Morgan fingerprint density at radius 2 is 2.05 bits per heavy atom. The van der Waals surface area contributed by atoms with Crippen LogP contribution in [-0.4, -0.2) is 22.9 Å². The van der Waals surface area contributed by atoms with Gasteiger partial charge in [-0.25, -0.2) is 0 Å². The summed E-state index contributed by atoms with van der Waals surface area (Å²) in [6.45, 7) is 13.0. The maximum Gasteiger partial charge on any atom is 0.0750 e. The van der Waals surface area contributed by atoms with Gasteiger partial charge in [0.1, 0.15) is 0 Å². The fraction of sp³-hybridized carbons (Fsp3) is 0.700. The van der Waals surface area contributed by atoms with Crippen LogP contribution in [0.25, 0.3) is 0 Å². The van der Waals surface area contributed by atoms with Crippen LogP contribution in [0.15, 0.2) is 35.5 Å². The summed E-state index contributed by atoms with van der Waals surface area (Å²) < 4.78 is 0.